The number of nitrogens with one attached hydrogen (secondary N) is 2. The summed E-state index contributed by atoms with van der Waals surface area (Å²) < 4.78 is 68.1. The fourth-order valence-corrected chi connectivity index (χ4v) is 2.71. The number of carbonyl (C=O) groups is 1. The lowest BCUT2D eigenvalue weighted by Crippen LogP contribution is -2.29. The van der Waals surface area contributed by atoms with Crippen LogP contribution >= 0.6 is 0 Å². The third kappa shape index (κ3) is 4.72. The van der Waals surface area contributed by atoms with Gasteiger partial charge in [-0.25, -0.2) is 8.42 Å². The molecule has 0 spiro atoms. The van der Waals surface area contributed by atoms with Gasteiger partial charge in [-0.1, -0.05) is 19.0 Å². The van der Waals surface area contributed by atoms with E-state index in [4.69, 9.17) is 4.52 Å². The molecule has 1 heterocycles. The van der Waals surface area contributed by atoms with E-state index in [0.29, 0.717) is 5.76 Å². The molecule has 7 nitrogen and oxygen atoms in total. The Morgan fingerprint density at radius 1 is 1.20 bits per heavy atom. The molecule has 2 rings (SSSR count). The average molecular weight is 377 g/mol. The molecule has 1 amide bonds. The van der Waals surface area contributed by atoms with Crippen molar-refractivity contribution in [1.82, 2.24) is 5.16 Å². The van der Waals surface area contributed by atoms with E-state index < -0.39 is 22.1 Å². The molecule has 0 atom stereocenters. The number of amides is 1. The molecule has 0 radical (unpaired) electrons. The lowest BCUT2D eigenvalue weighted by atomic mass is 10.2. The summed E-state index contributed by atoms with van der Waals surface area (Å²) >= 11 is 0. The number of hydrogen-bond acceptors (Lipinski definition) is 5. The van der Waals surface area contributed by atoms with Crippen LogP contribution in [0.3, 0.4) is 0 Å². The number of aromatic nitrogens is 1. The second kappa shape index (κ2) is 6.75. The van der Waals surface area contributed by atoms with Crippen LogP contribution in [0, 0.1) is 0 Å². The summed E-state index contributed by atoms with van der Waals surface area (Å²) in [6.45, 7) is 3.68. The van der Waals surface area contributed by atoms with Crippen molar-refractivity contribution in [3.63, 3.8) is 0 Å². The molecule has 0 saturated heterocycles. The number of hydrogen-bond donors (Lipinski definition) is 2. The number of nitrogens with zero attached hydrogens (tertiary/aromatic N) is 1. The predicted octanol–water partition coefficient (Wildman–Crippen LogP) is 3.10. The van der Waals surface area contributed by atoms with Gasteiger partial charge in [-0.05, 0) is 24.3 Å². The SMILES string of the molecule is CC(C)c1cc(NS(=O)(=O)c2ccc(NC(=O)C(F)(F)F)cc2)no1. The minimum absolute atomic E-state index is 0.0156. The fourth-order valence-electron chi connectivity index (χ4n) is 1.73. The Kier molecular flexibility index (Phi) is 5.07. The van der Waals surface area contributed by atoms with Crippen LogP contribution < -0.4 is 10.0 Å². The summed E-state index contributed by atoms with van der Waals surface area (Å²) in [5.41, 5.74) is -0.190. The van der Waals surface area contributed by atoms with E-state index in [1.54, 1.807) is 5.32 Å². The van der Waals surface area contributed by atoms with Crippen LogP contribution in [0.25, 0.3) is 0 Å². The van der Waals surface area contributed by atoms with Gasteiger partial charge in [0.1, 0.15) is 5.76 Å². The number of carbonyl (C=O) groups excluding carboxylic acids is 1. The second-order valence-electron chi connectivity index (χ2n) is 5.35. The van der Waals surface area contributed by atoms with E-state index in [1.165, 1.54) is 6.07 Å². The molecular weight excluding hydrogens is 363 g/mol. The number of halogens is 3. The molecule has 0 aliphatic heterocycles. The first-order valence-corrected chi connectivity index (χ1v) is 8.45. The smallest absolute Gasteiger partial charge is 0.359 e. The monoisotopic (exact) mass is 377 g/mol. The molecule has 0 aliphatic rings. The van der Waals surface area contributed by atoms with Crippen LogP contribution in [0.15, 0.2) is 39.8 Å². The average Bonchev–Trinajstić information content (AvgIpc) is 2.95. The van der Waals surface area contributed by atoms with Crippen LogP contribution in [0.4, 0.5) is 24.7 Å². The molecule has 2 N–H and O–H groups in total. The van der Waals surface area contributed by atoms with Gasteiger partial charge in [0.15, 0.2) is 5.82 Å². The van der Waals surface area contributed by atoms with E-state index in [9.17, 15) is 26.4 Å². The van der Waals surface area contributed by atoms with Gasteiger partial charge in [0, 0.05) is 17.7 Å². The third-order valence-corrected chi connectivity index (χ3v) is 4.39. The normalized spacial score (nSPS) is 12.2. The quantitative estimate of drug-likeness (QED) is 0.834. The number of sulfonamides is 1. The molecular formula is C14H14F3N3O4S. The first-order valence-electron chi connectivity index (χ1n) is 6.97. The van der Waals surface area contributed by atoms with E-state index in [0.717, 1.165) is 24.3 Å². The summed E-state index contributed by atoms with van der Waals surface area (Å²) in [4.78, 5) is 10.6. The zero-order valence-corrected chi connectivity index (χ0v) is 13.9. The Bertz CT molecular complexity index is 858. The van der Waals surface area contributed by atoms with Crippen LogP contribution in [0.1, 0.15) is 25.5 Å². The molecule has 1 aromatic heterocycles. The van der Waals surface area contributed by atoms with Gasteiger partial charge in [0.05, 0.1) is 4.90 Å². The first-order chi connectivity index (χ1) is 11.5. The zero-order chi connectivity index (χ0) is 18.8. The van der Waals surface area contributed by atoms with Gasteiger partial charge in [0.2, 0.25) is 0 Å². The van der Waals surface area contributed by atoms with Gasteiger partial charge < -0.3 is 9.84 Å². The number of anilines is 2. The highest BCUT2D eigenvalue weighted by molar-refractivity contribution is 7.92. The maximum atomic E-state index is 12.2. The summed E-state index contributed by atoms with van der Waals surface area (Å²) in [6.07, 6.45) is -5.03. The molecule has 1 aromatic carbocycles. The lowest BCUT2D eigenvalue weighted by Gasteiger charge is -2.09. The molecule has 0 bridgehead atoms. The van der Waals surface area contributed by atoms with Crippen molar-refractivity contribution in [2.45, 2.75) is 30.8 Å². The Morgan fingerprint density at radius 3 is 2.28 bits per heavy atom. The predicted molar refractivity (Wildman–Crippen MR) is 82.5 cm³/mol. The number of benzene rings is 1. The Labute approximate surface area is 141 Å². The van der Waals surface area contributed by atoms with E-state index >= 15 is 0 Å². The van der Waals surface area contributed by atoms with Crippen LogP contribution in [-0.4, -0.2) is 25.7 Å². The maximum absolute atomic E-state index is 12.2. The van der Waals surface area contributed by atoms with E-state index in [-0.39, 0.29) is 22.3 Å². The highest BCUT2D eigenvalue weighted by Gasteiger charge is 2.38. The van der Waals surface area contributed by atoms with Crippen molar-refractivity contribution >= 4 is 27.4 Å². The van der Waals surface area contributed by atoms with Crippen LogP contribution in [0.2, 0.25) is 0 Å². The molecule has 136 valence electrons. The minimum Gasteiger partial charge on any atom is -0.359 e. The lowest BCUT2D eigenvalue weighted by molar-refractivity contribution is -0.167. The van der Waals surface area contributed by atoms with Gasteiger partial charge >= 0.3 is 12.1 Å². The highest BCUT2D eigenvalue weighted by atomic mass is 32.2. The molecule has 2 aromatic rings. The van der Waals surface area contributed by atoms with Gasteiger partial charge in [0.25, 0.3) is 10.0 Å². The van der Waals surface area contributed by atoms with E-state index in [1.807, 2.05) is 13.8 Å². The molecule has 0 fully saturated rings. The van der Waals surface area contributed by atoms with Gasteiger partial charge in [-0.3, -0.25) is 9.52 Å². The molecule has 0 saturated carbocycles. The standard InChI is InChI=1S/C14H14F3N3O4S/c1-8(2)11-7-12(19-24-11)20-25(22,23)10-5-3-9(4-6-10)18-13(21)14(15,16)17/h3-8H,1-2H3,(H,18,21)(H,19,20). The van der Waals surface area contributed by atoms with Crippen molar-refractivity contribution < 1.29 is 30.9 Å². The summed E-state index contributed by atoms with van der Waals surface area (Å²) in [5.74, 6) is -1.66. The number of rotatable bonds is 5. The minimum atomic E-state index is -5.03. The Balaban J connectivity index is 2.13. The van der Waals surface area contributed by atoms with Crippen LogP contribution in [-0.2, 0) is 14.8 Å². The Morgan fingerprint density at radius 2 is 1.80 bits per heavy atom. The van der Waals surface area contributed by atoms with Crippen molar-refractivity contribution in [1.29, 1.82) is 0 Å². The number of alkyl halides is 3. The van der Waals surface area contributed by atoms with Crippen molar-refractivity contribution in [3.05, 3.63) is 36.1 Å². The van der Waals surface area contributed by atoms with Crippen molar-refractivity contribution in [2.75, 3.05) is 10.0 Å². The molecule has 0 aliphatic carbocycles. The highest BCUT2D eigenvalue weighted by Crippen LogP contribution is 2.22. The largest absolute Gasteiger partial charge is 0.471 e. The fraction of sp³-hybridized carbons (Fsp3) is 0.286. The zero-order valence-electron chi connectivity index (χ0n) is 13.1. The Hall–Kier alpha value is -2.56. The van der Waals surface area contributed by atoms with E-state index in [2.05, 4.69) is 9.88 Å². The first kappa shape index (κ1) is 18.8. The second-order valence-corrected chi connectivity index (χ2v) is 7.03. The maximum Gasteiger partial charge on any atom is 0.471 e. The molecule has 25 heavy (non-hydrogen) atoms. The summed E-state index contributed by atoms with van der Waals surface area (Å²) in [7, 11) is -4.01. The van der Waals surface area contributed by atoms with Crippen LogP contribution in [0.5, 0.6) is 0 Å². The van der Waals surface area contributed by atoms with Gasteiger partial charge in [-0.2, -0.15) is 13.2 Å². The summed E-state index contributed by atoms with van der Waals surface area (Å²) in [5, 5.41) is 5.20. The third-order valence-electron chi connectivity index (χ3n) is 3.02. The van der Waals surface area contributed by atoms with Crippen molar-refractivity contribution in [3.8, 4) is 0 Å². The molecule has 0 unspecified atom stereocenters. The summed E-state index contributed by atoms with van der Waals surface area (Å²) in [6, 6.07) is 5.62. The topological polar surface area (TPSA) is 101 Å². The van der Waals surface area contributed by atoms with Gasteiger partial charge in [-0.15, -0.1) is 0 Å². The van der Waals surface area contributed by atoms with Crippen molar-refractivity contribution in [2.24, 2.45) is 0 Å². The molecule has 11 heteroatoms.